The molecule has 30 heavy (non-hydrogen) atoms. The largest absolute Gasteiger partial charge is 0.457 e. The first kappa shape index (κ1) is 18.6. The number of nitrogens with two attached hydrogens (primary N) is 1. The van der Waals surface area contributed by atoms with E-state index in [-0.39, 0.29) is 5.92 Å². The molecule has 2 atom stereocenters. The Morgan fingerprint density at radius 1 is 1.03 bits per heavy atom. The fourth-order valence-electron chi connectivity index (χ4n) is 3.97. The molecule has 1 fully saturated rings. The Bertz CT molecular complexity index is 1150. The number of nitrogens with zero attached hydrogens (tertiary/aromatic N) is 3. The van der Waals surface area contributed by atoms with Crippen molar-refractivity contribution in [2.24, 2.45) is 0 Å². The molecule has 2 N–H and O–H groups in total. The molecule has 1 saturated heterocycles. The number of anilines is 1. The lowest BCUT2D eigenvalue weighted by atomic mass is 9.98. The minimum absolute atomic E-state index is 0.241. The maximum absolute atomic E-state index is 6.26. The van der Waals surface area contributed by atoms with E-state index in [4.69, 9.17) is 20.2 Å². The Labute approximate surface area is 175 Å². The highest BCUT2D eigenvalue weighted by molar-refractivity contribution is 5.85. The molecule has 0 amide bonds. The molecule has 2 aromatic carbocycles. The first-order valence-corrected chi connectivity index (χ1v) is 10.3. The van der Waals surface area contributed by atoms with Gasteiger partial charge < -0.3 is 15.2 Å². The molecule has 0 bridgehead atoms. The van der Waals surface area contributed by atoms with Gasteiger partial charge in [0.15, 0.2) is 0 Å². The summed E-state index contributed by atoms with van der Waals surface area (Å²) in [4.78, 5) is 9.30. The van der Waals surface area contributed by atoms with Gasteiger partial charge in [-0.25, -0.2) is 9.97 Å². The third-order valence-corrected chi connectivity index (χ3v) is 5.59. The number of fused-ring (bicyclic) bond motifs is 1. The minimum Gasteiger partial charge on any atom is -0.457 e. The summed E-state index contributed by atoms with van der Waals surface area (Å²) in [5.74, 6) is 3.27. The Morgan fingerprint density at radius 2 is 1.80 bits per heavy atom. The van der Waals surface area contributed by atoms with E-state index in [1.54, 1.807) is 6.20 Å². The Balaban J connectivity index is 1.51. The molecule has 0 saturated carbocycles. The molecule has 0 spiro atoms. The van der Waals surface area contributed by atoms with Crippen LogP contribution in [0.1, 0.15) is 31.5 Å². The van der Waals surface area contributed by atoms with E-state index in [9.17, 15) is 0 Å². The van der Waals surface area contributed by atoms with E-state index in [0.29, 0.717) is 18.5 Å². The smallest absolute Gasteiger partial charge is 0.150 e. The van der Waals surface area contributed by atoms with E-state index in [1.807, 2.05) is 60.8 Å². The summed E-state index contributed by atoms with van der Waals surface area (Å²) in [6.07, 6.45) is 6.03. The number of aromatic nitrogens is 3. The molecular weight excluding hydrogens is 376 g/mol. The van der Waals surface area contributed by atoms with Gasteiger partial charge in [0.25, 0.3) is 0 Å². The molecule has 1 aliphatic heterocycles. The minimum atomic E-state index is 0.241. The van der Waals surface area contributed by atoms with E-state index >= 15 is 0 Å². The van der Waals surface area contributed by atoms with Gasteiger partial charge in [-0.1, -0.05) is 18.2 Å². The van der Waals surface area contributed by atoms with Crippen molar-refractivity contribution < 1.29 is 9.47 Å². The molecule has 152 valence electrons. The van der Waals surface area contributed by atoms with Crippen molar-refractivity contribution in [2.75, 3.05) is 12.3 Å². The molecule has 2 aromatic heterocycles. The van der Waals surface area contributed by atoms with Crippen LogP contribution in [0.2, 0.25) is 0 Å². The lowest BCUT2D eigenvalue weighted by Gasteiger charge is -2.25. The number of hydrogen-bond acceptors (Lipinski definition) is 5. The van der Waals surface area contributed by atoms with E-state index in [1.165, 1.54) is 0 Å². The topological polar surface area (TPSA) is 74.7 Å². The molecule has 2 unspecified atom stereocenters. The summed E-state index contributed by atoms with van der Waals surface area (Å²) in [5, 5.41) is 0. The number of imidazole rings is 1. The van der Waals surface area contributed by atoms with Crippen LogP contribution in [0.15, 0.2) is 67.0 Å². The molecule has 6 heteroatoms. The quantitative estimate of drug-likeness (QED) is 0.519. The standard InChI is InChI=1S/C24H24N4O2/c1-16-7-8-18(15-29-16)24-27-21(22-23(25)26-13-14-28(22)24)17-9-11-20(12-10-17)30-19-5-3-2-4-6-19/h2-6,9-14,16,18H,7-8,15H2,1H3,(H2,25,26). The van der Waals surface area contributed by atoms with Gasteiger partial charge in [-0.3, -0.25) is 4.40 Å². The molecule has 5 rings (SSSR count). The Morgan fingerprint density at radius 3 is 2.53 bits per heavy atom. The summed E-state index contributed by atoms with van der Waals surface area (Å²) < 4.78 is 13.9. The molecule has 0 radical (unpaired) electrons. The highest BCUT2D eigenvalue weighted by Crippen LogP contribution is 2.35. The second kappa shape index (κ2) is 7.80. The van der Waals surface area contributed by atoms with Crippen LogP contribution in [0.5, 0.6) is 11.5 Å². The van der Waals surface area contributed by atoms with Crippen LogP contribution < -0.4 is 10.5 Å². The lowest BCUT2D eigenvalue weighted by Crippen LogP contribution is -2.23. The van der Waals surface area contributed by atoms with Crippen LogP contribution in [-0.2, 0) is 4.74 Å². The predicted octanol–water partition coefficient (Wildman–Crippen LogP) is 5.05. The first-order valence-electron chi connectivity index (χ1n) is 10.3. The lowest BCUT2D eigenvalue weighted by molar-refractivity contribution is 0.0137. The number of hydrogen-bond donors (Lipinski definition) is 1. The average molecular weight is 400 g/mol. The van der Waals surface area contributed by atoms with Crippen molar-refractivity contribution in [3.63, 3.8) is 0 Å². The van der Waals surface area contributed by atoms with Crippen molar-refractivity contribution in [3.8, 4) is 22.8 Å². The summed E-state index contributed by atoms with van der Waals surface area (Å²) in [6.45, 7) is 2.79. The number of benzene rings is 2. The second-order valence-corrected chi connectivity index (χ2v) is 7.71. The normalized spacial score (nSPS) is 19.1. The maximum Gasteiger partial charge on any atom is 0.150 e. The molecule has 6 nitrogen and oxygen atoms in total. The predicted molar refractivity (Wildman–Crippen MR) is 117 cm³/mol. The third kappa shape index (κ3) is 3.50. The van der Waals surface area contributed by atoms with Crippen LogP contribution in [0.3, 0.4) is 0 Å². The van der Waals surface area contributed by atoms with Gasteiger partial charge in [-0.2, -0.15) is 0 Å². The molecular formula is C24H24N4O2. The van der Waals surface area contributed by atoms with Crippen LogP contribution in [0, 0.1) is 0 Å². The zero-order chi connectivity index (χ0) is 20.5. The second-order valence-electron chi connectivity index (χ2n) is 7.71. The number of nitrogen functional groups attached to an aromatic ring is 1. The van der Waals surface area contributed by atoms with Gasteiger partial charge in [0.05, 0.1) is 12.7 Å². The van der Waals surface area contributed by atoms with Crippen molar-refractivity contribution >= 4 is 11.3 Å². The van der Waals surface area contributed by atoms with Gasteiger partial charge in [0.1, 0.15) is 34.4 Å². The summed E-state index contributed by atoms with van der Waals surface area (Å²) >= 11 is 0. The van der Waals surface area contributed by atoms with Gasteiger partial charge in [-0.15, -0.1) is 0 Å². The maximum atomic E-state index is 6.26. The van der Waals surface area contributed by atoms with Gasteiger partial charge in [0, 0.05) is 23.9 Å². The van der Waals surface area contributed by atoms with E-state index in [2.05, 4.69) is 16.3 Å². The van der Waals surface area contributed by atoms with E-state index in [0.717, 1.165) is 46.9 Å². The van der Waals surface area contributed by atoms with E-state index < -0.39 is 0 Å². The number of ether oxygens (including phenoxy) is 2. The molecule has 4 aromatic rings. The van der Waals surface area contributed by atoms with Crippen molar-refractivity contribution in [1.82, 2.24) is 14.4 Å². The first-order chi connectivity index (χ1) is 14.7. The highest BCUT2D eigenvalue weighted by Gasteiger charge is 2.26. The SMILES string of the molecule is CC1CCC(c2nc(-c3ccc(Oc4ccccc4)cc3)c3c(N)nccn23)CO1. The average Bonchev–Trinajstić information content (AvgIpc) is 3.17. The third-order valence-electron chi connectivity index (χ3n) is 5.59. The fourth-order valence-corrected chi connectivity index (χ4v) is 3.97. The number of para-hydroxylation sites is 1. The zero-order valence-electron chi connectivity index (χ0n) is 16.9. The van der Waals surface area contributed by atoms with Gasteiger partial charge in [-0.05, 0) is 56.2 Å². The van der Waals surface area contributed by atoms with Crippen molar-refractivity contribution in [3.05, 3.63) is 72.8 Å². The fraction of sp³-hybridized carbons (Fsp3) is 0.250. The zero-order valence-corrected chi connectivity index (χ0v) is 16.9. The number of rotatable bonds is 4. The van der Waals surface area contributed by atoms with Crippen LogP contribution >= 0.6 is 0 Å². The molecule has 3 heterocycles. The summed E-state index contributed by atoms with van der Waals surface area (Å²) in [5.41, 5.74) is 8.91. The Kier molecular flexibility index (Phi) is 4.85. The molecule has 0 aliphatic carbocycles. The van der Waals surface area contributed by atoms with Gasteiger partial charge in [0.2, 0.25) is 0 Å². The highest BCUT2D eigenvalue weighted by atomic mass is 16.5. The summed E-state index contributed by atoms with van der Waals surface area (Å²) in [7, 11) is 0. The molecule has 1 aliphatic rings. The van der Waals surface area contributed by atoms with Crippen LogP contribution in [-0.4, -0.2) is 27.1 Å². The van der Waals surface area contributed by atoms with Crippen LogP contribution in [0.4, 0.5) is 5.82 Å². The van der Waals surface area contributed by atoms with Crippen molar-refractivity contribution in [1.29, 1.82) is 0 Å². The monoisotopic (exact) mass is 400 g/mol. The Hall–Kier alpha value is -3.38. The summed E-state index contributed by atoms with van der Waals surface area (Å²) in [6, 6.07) is 17.7. The van der Waals surface area contributed by atoms with Crippen LogP contribution in [0.25, 0.3) is 16.8 Å². The van der Waals surface area contributed by atoms with Crippen molar-refractivity contribution in [2.45, 2.75) is 31.8 Å². The van der Waals surface area contributed by atoms with Gasteiger partial charge >= 0.3 is 0 Å².